The van der Waals surface area contributed by atoms with E-state index in [1.807, 2.05) is 42.5 Å². The summed E-state index contributed by atoms with van der Waals surface area (Å²) >= 11 is 0. The molecule has 0 radical (unpaired) electrons. The number of carbonyl (C=O) groups is 2. The van der Waals surface area contributed by atoms with Crippen LogP contribution in [0.4, 0.5) is 4.79 Å². The molecule has 0 saturated heterocycles. The highest BCUT2D eigenvalue weighted by atomic mass is 16.5. The lowest BCUT2D eigenvalue weighted by molar-refractivity contribution is -0.120. The van der Waals surface area contributed by atoms with Crippen molar-refractivity contribution in [2.24, 2.45) is 5.73 Å². The Morgan fingerprint density at radius 1 is 1.10 bits per heavy atom. The first-order valence-corrected chi connectivity index (χ1v) is 9.78. The molecule has 0 saturated carbocycles. The lowest BCUT2D eigenvalue weighted by atomic mass is 10.0. The van der Waals surface area contributed by atoms with E-state index < -0.39 is 24.1 Å². The van der Waals surface area contributed by atoms with Crippen LogP contribution in [0.3, 0.4) is 0 Å². The predicted molar refractivity (Wildman–Crippen MR) is 113 cm³/mol. The van der Waals surface area contributed by atoms with Crippen LogP contribution in [-0.2, 0) is 16.1 Å². The zero-order valence-electron chi connectivity index (χ0n) is 17.0. The Morgan fingerprint density at radius 3 is 2.40 bits per heavy atom. The molecule has 2 aromatic rings. The molecule has 2 aromatic carbocycles. The van der Waals surface area contributed by atoms with E-state index in [-0.39, 0.29) is 13.2 Å². The van der Waals surface area contributed by atoms with Crippen LogP contribution in [0.2, 0.25) is 0 Å². The van der Waals surface area contributed by atoms with Crippen LogP contribution in [0.5, 0.6) is 5.75 Å². The number of primary amides is 1. The zero-order chi connectivity index (χ0) is 21.8. The predicted octanol–water partition coefficient (Wildman–Crippen LogP) is 1.88. The number of methoxy groups -OCH3 is 1. The fourth-order valence-electron chi connectivity index (χ4n) is 2.91. The van der Waals surface area contributed by atoms with Gasteiger partial charge in [0.25, 0.3) is 0 Å². The van der Waals surface area contributed by atoms with Crippen molar-refractivity contribution in [1.29, 1.82) is 0 Å². The minimum atomic E-state index is -0.647. The van der Waals surface area contributed by atoms with Gasteiger partial charge in [-0.05, 0) is 36.1 Å². The second kappa shape index (κ2) is 12.5. The van der Waals surface area contributed by atoms with Crippen molar-refractivity contribution in [2.45, 2.75) is 31.5 Å². The monoisotopic (exact) mass is 415 g/mol. The average Bonchev–Trinajstić information content (AvgIpc) is 2.78. The molecule has 2 rings (SSSR count). The van der Waals surface area contributed by atoms with E-state index in [1.54, 1.807) is 19.2 Å². The Kier molecular flexibility index (Phi) is 9.63. The second-order valence-corrected chi connectivity index (χ2v) is 6.76. The molecule has 8 nitrogen and oxygen atoms in total. The van der Waals surface area contributed by atoms with Gasteiger partial charge in [0.2, 0.25) is 5.91 Å². The van der Waals surface area contributed by atoms with E-state index in [1.165, 1.54) is 0 Å². The van der Waals surface area contributed by atoms with E-state index in [2.05, 4.69) is 10.6 Å². The molecule has 0 unspecified atom stereocenters. The minimum Gasteiger partial charge on any atom is -0.497 e. The molecular formula is C22H29N3O5. The maximum atomic E-state index is 11.8. The Balaban J connectivity index is 1.76. The number of carbonyl (C=O) groups excluding carboxylic acids is 2. The summed E-state index contributed by atoms with van der Waals surface area (Å²) in [4.78, 5) is 23.6. The average molecular weight is 415 g/mol. The van der Waals surface area contributed by atoms with Crippen LogP contribution in [0.15, 0.2) is 54.6 Å². The third kappa shape index (κ3) is 7.73. The number of rotatable bonds is 12. The largest absolute Gasteiger partial charge is 0.497 e. The molecule has 0 aliphatic heterocycles. The van der Waals surface area contributed by atoms with Gasteiger partial charge in [0, 0.05) is 6.54 Å². The fraction of sp³-hybridized carbons (Fsp3) is 0.364. The number of hydrogen-bond acceptors (Lipinski definition) is 6. The molecule has 0 heterocycles. The van der Waals surface area contributed by atoms with Crippen molar-refractivity contribution in [3.63, 3.8) is 0 Å². The number of amides is 2. The molecule has 5 N–H and O–H groups in total. The summed E-state index contributed by atoms with van der Waals surface area (Å²) in [5.74, 6) is 0.181. The van der Waals surface area contributed by atoms with E-state index in [0.717, 1.165) is 11.1 Å². The summed E-state index contributed by atoms with van der Waals surface area (Å²) in [6.45, 7) is 0.337. The van der Waals surface area contributed by atoms with Crippen LogP contribution >= 0.6 is 0 Å². The Labute approximate surface area is 176 Å². The van der Waals surface area contributed by atoms with Crippen LogP contribution in [-0.4, -0.2) is 43.4 Å². The summed E-state index contributed by atoms with van der Waals surface area (Å²) in [7, 11) is 1.57. The number of aliphatic hydroxyl groups excluding tert-OH is 1. The third-order valence-corrected chi connectivity index (χ3v) is 4.60. The smallest absolute Gasteiger partial charge is 0.407 e. The van der Waals surface area contributed by atoms with E-state index in [9.17, 15) is 14.7 Å². The first kappa shape index (κ1) is 23.2. The van der Waals surface area contributed by atoms with Gasteiger partial charge >= 0.3 is 6.09 Å². The first-order valence-electron chi connectivity index (χ1n) is 9.78. The highest BCUT2D eigenvalue weighted by molar-refractivity contribution is 5.79. The maximum absolute atomic E-state index is 11.8. The molecule has 0 spiro atoms. The molecular weight excluding hydrogens is 386 g/mol. The van der Waals surface area contributed by atoms with Gasteiger partial charge in [0.05, 0.1) is 25.8 Å². The molecule has 2 atom stereocenters. The van der Waals surface area contributed by atoms with E-state index >= 15 is 0 Å². The van der Waals surface area contributed by atoms with Crippen molar-refractivity contribution in [3.8, 4) is 5.75 Å². The second-order valence-electron chi connectivity index (χ2n) is 6.76. The summed E-state index contributed by atoms with van der Waals surface area (Å²) in [5, 5.41) is 15.5. The molecule has 30 heavy (non-hydrogen) atoms. The molecule has 162 valence electrons. The van der Waals surface area contributed by atoms with Crippen molar-refractivity contribution in [3.05, 3.63) is 65.7 Å². The van der Waals surface area contributed by atoms with Gasteiger partial charge in [-0.25, -0.2) is 4.79 Å². The molecule has 0 aromatic heterocycles. The number of ether oxygens (including phenoxy) is 2. The van der Waals surface area contributed by atoms with E-state index in [0.29, 0.717) is 25.1 Å². The standard InChI is InChI=1S/C22H29N3O5/c1-29-18-11-9-17(10-12-18)20(14-26)25-19(21(23)27)8-5-13-24-22(28)30-15-16-6-3-2-4-7-16/h2-4,6-7,9-12,19-20,25-26H,5,8,13-15H2,1H3,(H2,23,27)(H,24,28)/t19-,20-/m1/s1. The summed E-state index contributed by atoms with van der Waals surface area (Å²) < 4.78 is 10.3. The SMILES string of the molecule is COc1ccc([C@@H](CO)N[C@H](CCCNC(=O)OCc2ccccc2)C(N)=O)cc1. The van der Waals surface area contributed by atoms with Gasteiger partial charge in [0.15, 0.2) is 0 Å². The van der Waals surface area contributed by atoms with Crippen molar-refractivity contribution in [2.75, 3.05) is 20.3 Å². The van der Waals surface area contributed by atoms with Gasteiger partial charge < -0.3 is 25.6 Å². The molecule has 8 heteroatoms. The summed E-state index contributed by atoms with van der Waals surface area (Å²) in [6, 6.07) is 15.5. The van der Waals surface area contributed by atoms with Crippen LogP contribution < -0.4 is 21.1 Å². The van der Waals surface area contributed by atoms with Crippen molar-refractivity contribution in [1.82, 2.24) is 10.6 Å². The van der Waals surface area contributed by atoms with Crippen LogP contribution in [0.1, 0.15) is 30.0 Å². The number of alkyl carbamates (subject to hydrolysis) is 1. The topological polar surface area (TPSA) is 123 Å². The zero-order valence-corrected chi connectivity index (χ0v) is 17.0. The summed E-state index contributed by atoms with van der Waals surface area (Å²) in [5.41, 5.74) is 7.22. The van der Waals surface area contributed by atoms with Crippen LogP contribution in [0, 0.1) is 0 Å². The highest BCUT2D eigenvalue weighted by Crippen LogP contribution is 2.18. The lowest BCUT2D eigenvalue weighted by Crippen LogP contribution is -2.44. The number of nitrogens with one attached hydrogen (secondary N) is 2. The first-order chi connectivity index (χ1) is 14.5. The Morgan fingerprint density at radius 2 is 1.80 bits per heavy atom. The van der Waals surface area contributed by atoms with Crippen LogP contribution in [0.25, 0.3) is 0 Å². The minimum absolute atomic E-state index is 0.193. The van der Waals surface area contributed by atoms with Gasteiger partial charge in [0.1, 0.15) is 12.4 Å². The van der Waals surface area contributed by atoms with E-state index in [4.69, 9.17) is 15.2 Å². The number of nitrogens with two attached hydrogens (primary N) is 1. The number of hydrogen-bond donors (Lipinski definition) is 4. The molecule has 0 bridgehead atoms. The lowest BCUT2D eigenvalue weighted by Gasteiger charge is -2.23. The number of aliphatic hydroxyl groups is 1. The Bertz CT molecular complexity index is 783. The summed E-state index contributed by atoms with van der Waals surface area (Å²) in [6.07, 6.45) is 0.400. The van der Waals surface area contributed by atoms with Crippen molar-refractivity contribution < 1.29 is 24.2 Å². The fourth-order valence-corrected chi connectivity index (χ4v) is 2.91. The Hall–Kier alpha value is -3.10. The van der Waals surface area contributed by atoms with Gasteiger partial charge in [-0.2, -0.15) is 0 Å². The van der Waals surface area contributed by atoms with Crippen molar-refractivity contribution >= 4 is 12.0 Å². The number of benzene rings is 2. The molecule has 2 amide bonds. The van der Waals surface area contributed by atoms with Gasteiger partial charge in [-0.3, -0.25) is 10.1 Å². The quantitative estimate of drug-likeness (QED) is 0.393. The molecule has 0 aliphatic carbocycles. The normalized spacial score (nSPS) is 12.6. The third-order valence-electron chi connectivity index (χ3n) is 4.60. The van der Waals surface area contributed by atoms with Gasteiger partial charge in [-0.1, -0.05) is 42.5 Å². The molecule has 0 aliphatic rings. The van der Waals surface area contributed by atoms with Gasteiger partial charge in [-0.15, -0.1) is 0 Å². The highest BCUT2D eigenvalue weighted by Gasteiger charge is 2.20. The molecule has 0 fully saturated rings. The maximum Gasteiger partial charge on any atom is 0.407 e.